The molecule has 0 fully saturated rings. The normalized spacial score (nSPS) is 15.5. The molecule has 1 aliphatic heterocycles. The van der Waals surface area contributed by atoms with Crippen LogP contribution in [0, 0.1) is 0 Å². The number of hydrogen-bond donors (Lipinski definition) is 0. The van der Waals surface area contributed by atoms with E-state index in [2.05, 4.69) is 21.9 Å². The van der Waals surface area contributed by atoms with E-state index < -0.39 is 0 Å². The molecule has 1 aromatic heterocycles. The van der Waals surface area contributed by atoms with E-state index in [4.69, 9.17) is 0 Å². The van der Waals surface area contributed by atoms with Gasteiger partial charge >= 0.3 is 0 Å². The quantitative estimate of drug-likeness (QED) is 0.578. The highest BCUT2D eigenvalue weighted by Crippen LogP contribution is 2.29. The molecule has 3 nitrogen and oxygen atoms in total. The van der Waals surface area contributed by atoms with Crippen LogP contribution < -0.4 is 4.90 Å². The van der Waals surface area contributed by atoms with Gasteiger partial charge in [0, 0.05) is 19.0 Å². The van der Waals surface area contributed by atoms with Crippen LogP contribution in [0.15, 0.2) is 23.5 Å². The minimum absolute atomic E-state index is 0.914. The van der Waals surface area contributed by atoms with E-state index >= 15 is 0 Å². The van der Waals surface area contributed by atoms with Gasteiger partial charge in [-0.15, -0.1) is 0 Å². The van der Waals surface area contributed by atoms with Gasteiger partial charge in [0.1, 0.15) is 5.69 Å². The Hall–Kier alpha value is -1.38. The number of nitrogens with zero attached hydrogens (tertiary/aromatic N) is 3. The molecule has 12 heavy (non-hydrogen) atoms. The van der Waals surface area contributed by atoms with E-state index in [9.17, 15) is 0 Å². The maximum Gasteiger partial charge on any atom is 0.105 e. The molecular weight excluding hydrogens is 150 g/mol. The van der Waals surface area contributed by atoms with Gasteiger partial charge in [0.15, 0.2) is 0 Å². The first kappa shape index (κ1) is 7.28. The predicted molar refractivity (Wildman–Crippen MR) is 50.3 cm³/mol. The third kappa shape index (κ3) is 1.07. The first-order valence-electron chi connectivity index (χ1n) is 3.96. The summed E-state index contributed by atoms with van der Waals surface area (Å²) in [6.45, 7) is 2.95. The van der Waals surface area contributed by atoms with Crippen LogP contribution in [0.25, 0.3) is 0 Å². The molecule has 0 amide bonds. The third-order valence-corrected chi connectivity index (χ3v) is 1.97. The number of aliphatic imine (C=N–C) groups is 1. The Morgan fingerprint density at radius 3 is 3.17 bits per heavy atom. The molecule has 0 spiro atoms. The average molecular weight is 161 g/mol. The van der Waals surface area contributed by atoms with E-state index in [-0.39, 0.29) is 0 Å². The van der Waals surface area contributed by atoms with E-state index in [1.54, 1.807) is 12.4 Å². The van der Waals surface area contributed by atoms with Crippen LogP contribution in [0.3, 0.4) is 0 Å². The standard InChI is InChI=1S/C9H11N3/c1-7-6-12(2)9-3-4-10-5-8(9)11-7/h3-5H,6H2,1-2H3. The molecule has 0 unspecified atom stereocenters. The monoisotopic (exact) mass is 161 g/mol. The Kier molecular flexibility index (Phi) is 1.57. The lowest BCUT2D eigenvalue weighted by Crippen LogP contribution is -2.26. The maximum absolute atomic E-state index is 4.41. The smallest absolute Gasteiger partial charge is 0.105 e. The fourth-order valence-electron chi connectivity index (χ4n) is 1.46. The molecule has 2 rings (SSSR count). The zero-order valence-corrected chi connectivity index (χ0v) is 7.28. The van der Waals surface area contributed by atoms with Crippen molar-refractivity contribution in [1.29, 1.82) is 0 Å². The summed E-state index contributed by atoms with van der Waals surface area (Å²) in [4.78, 5) is 10.6. The zero-order chi connectivity index (χ0) is 8.55. The van der Waals surface area contributed by atoms with Gasteiger partial charge in [-0.2, -0.15) is 0 Å². The molecule has 0 aromatic carbocycles. The molecule has 0 bridgehead atoms. The summed E-state index contributed by atoms with van der Waals surface area (Å²) in [5, 5.41) is 0. The fraction of sp³-hybridized carbons (Fsp3) is 0.333. The molecule has 0 atom stereocenters. The Morgan fingerprint density at radius 2 is 2.33 bits per heavy atom. The van der Waals surface area contributed by atoms with Crippen molar-refractivity contribution < 1.29 is 0 Å². The second kappa shape index (κ2) is 2.59. The molecule has 2 heterocycles. The van der Waals surface area contributed by atoms with Gasteiger partial charge in [0.2, 0.25) is 0 Å². The summed E-state index contributed by atoms with van der Waals surface area (Å²) >= 11 is 0. The minimum atomic E-state index is 0.914. The predicted octanol–water partition coefficient (Wildman–Crippen LogP) is 1.62. The molecule has 0 saturated carbocycles. The van der Waals surface area contributed by atoms with Gasteiger partial charge in [0.25, 0.3) is 0 Å². The van der Waals surface area contributed by atoms with Crippen LogP contribution in [-0.2, 0) is 0 Å². The third-order valence-electron chi connectivity index (χ3n) is 1.97. The van der Waals surface area contributed by atoms with Crippen molar-refractivity contribution in [3.63, 3.8) is 0 Å². The van der Waals surface area contributed by atoms with Crippen molar-refractivity contribution in [2.75, 3.05) is 18.5 Å². The molecule has 0 N–H and O–H groups in total. The fourth-order valence-corrected chi connectivity index (χ4v) is 1.46. The van der Waals surface area contributed by atoms with E-state index in [0.29, 0.717) is 0 Å². The van der Waals surface area contributed by atoms with Gasteiger partial charge in [-0.25, -0.2) is 0 Å². The van der Waals surface area contributed by atoms with Crippen molar-refractivity contribution in [3.8, 4) is 0 Å². The van der Waals surface area contributed by atoms with Gasteiger partial charge in [0.05, 0.1) is 18.4 Å². The lowest BCUT2D eigenvalue weighted by Gasteiger charge is -2.24. The van der Waals surface area contributed by atoms with Crippen LogP contribution in [0.4, 0.5) is 11.4 Å². The summed E-state index contributed by atoms with van der Waals surface area (Å²) in [5.74, 6) is 0. The Labute approximate surface area is 71.8 Å². The molecule has 1 aromatic rings. The molecule has 0 radical (unpaired) electrons. The number of fused-ring (bicyclic) bond motifs is 1. The van der Waals surface area contributed by atoms with Crippen LogP contribution in [-0.4, -0.2) is 24.3 Å². The largest absolute Gasteiger partial charge is 0.367 e. The first-order chi connectivity index (χ1) is 5.77. The van der Waals surface area contributed by atoms with Crippen molar-refractivity contribution in [2.45, 2.75) is 6.92 Å². The molecule has 62 valence electrons. The Morgan fingerprint density at radius 1 is 1.50 bits per heavy atom. The van der Waals surface area contributed by atoms with E-state index in [0.717, 1.165) is 23.6 Å². The van der Waals surface area contributed by atoms with Crippen molar-refractivity contribution in [1.82, 2.24) is 4.98 Å². The van der Waals surface area contributed by atoms with Crippen molar-refractivity contribution in [3.05, 3.63) is 18.5 Å². The zero-order valence-electron chi connectivity index (χ0n) is 7.28. The summed E-state index contributed by atoms with van der Waals surface area (Å²) in [5.41, 5.74) is 3.28. The summed E-state index contributed by atoms with van der Waals surface area (Å²) < 4.78 is 0. The Bertz CT molecular complexity index is 330. The SMILES string of the molecule is CC1=Nc2cnccc2N(C)C1. The van der Waals surface area contributed by atoms with Crippen molar-refractivity contribution >= 4 is 17.1 Å². The lowest BCUT2D eigenvalue weighted by molar-refractivity contribution is 1.02. The number of rotatable bonds is 0. The molecule has 0 saturated heterocycles. The van der Waals surface area contributed by atoms with Gasteiger partial charge in [-0.1, -0.05) is 0 Å². The minimum Gasteiger partial charge on any atom is -0.367 e. The number of aromatic nitrogens is 1. The summed E-state index contributed by atoms with van der Waals surface area (Å²) in [7, 11) is 2.07. The Balaban J connectivity index is 2.55. The van der Waals surface area contributed by atoms with Crippen LogP contribution in [0.2, 0.25) is 0 Å². The highest BCUT2D eigenvalue weighted by atomic mass is 15.1. The highest BCUT2D eigenvalue weighted by molar-refractivity contribution is 5.93. The molecule has 3 heteroatoms. The topological polar surface area (TPSA) is 28.5 Å². The van der Waals surface area contributed by atoms with Gasteiger partial charge in [-0.05, 0) is 13.0 Å². The van der Waals surface area contributed by atoms with Gasteiger partial charge in [-0.3, -0.25) is 9.98 Å². The molecular formula is C9H11N3. The van der Waals surface area contributed by atoms with Crippen LogP contribution in [0.1, 0.15) is 6.92 Å². The summed E-state index contributed by atoms with van der Waals surface area (Å²) in [6, 6.07) is 1.99. The maximum atomic E-state index is 4.41. The summed E-state index contributed by atoms with van der Waals surface area (Å²) in [6.07, 6.45) is 3.60. The molecule has 1 aliphatic rings. The van der Waals surface area contributed by atoms with Crippen LogP contribution in [0.5, 0.6) is 0 Å². The average Bonchev–Trinajstić information content (AvgIpc) is 2.04. The first-order valence-corrected chi connectivity index (χ1v) is 3.96. The second-order valence-corrected chi connectivity index (χ2v) is 3.07. The van der Waals surface area contributed by atoms with E-state index in [1.165, 1.54) is 0 Å². The number of pyridine rings is 1. The lowest BCUT2D eigenvalue weighted by atomic mass is 10.2. The van der Waals surface area contributed by atoms with Gasteiger partial charge < -0.3 is 4.90 Å². The number of anilines is 1. The van der Waals surface area contributed by atoms with Crippen LogP contribution >= 0.6 is 0 Å². The molecule has 0 aliphatic carbocycles. The number of hydrogen-bond acceptors (Lipinski definition) is 3. The second-order valence-electron chi connectivity index (χ2n) is 3.07. The van der Waals surface area contributed by atoms with Crippen molar-refractivity contribution in [2.24, 2.45) is 4.99 Å². The van der Waals surface area contributed by atoms with E-state index in [1.807, 2.05) is 13.0 Å². The highest BCUT2D eigenvalue weighted by Gasteiger charge is 2.12.